The highest BCUT2D eigenvalue weighted by molar-refractivity contribution is 5.44. The largest absolute Gasteiger partial charge is 0.507 e. The quantitative estimate of drug-likeness (QED) is 0.828. The van der Waals surface area contributed by atoms with E-state index in [1.807, 2.05) is 28.2 Å². The Kier molecular flexibility index (Phi) is 6.50. The van der Waals surface area contributed by atoms with Gasteiger partial charge in [0.1, 0.15) is 5.75 Å². The number of nitrogens with zero attached hydrogens (tertiary/aromatic N) is 2. The van der Waals surface area contributed by atoms with E-state index in [1.54, 1.807) is 0 Å². The van der Waals surface area contributed by atoms with Crippen molar-refractivity contribution in [3.63, 3.8) is 0 Å². The molecule has 3 nitrogen and oxygen atoms in total. The van der Waals surface area contributed by atoms with Crippen LogP contribution in [0.2, 0.25) is 0 Å². The van der Waals surface area contributed by atoms with E-state index >= 15 is 0 Å². The van der Waals surface area contributed by atoms with Gasteiger partial charge in [0, 0.05) is 24.2 Å². The highest BCUT2D eigenvalue weighted by atomic mass is 16.3. The molecule has 1 N–H and O–H groups in total. The van der Waals surface area contributed by atoms with Crippen LogP contribution in [0.3, 0.4) is 0 Å². The Morgan fingerprint density at radius 3 is 1.80 bits per heavy atom. The molecule has 0 aliphatic carbocycles. The van der Waals surface area contributed by atoms with Crippen molar-refractivity contribution in [1.29, 1.82) is 0 Å². The summed E-state index contributed by atoms with van der Waals surface area (Å²) in [5, 5.41) is 10.5. The van der Waals surface area contributed by atoms with Crippen LogP contribution in [0.1, 0.15) is 49.3 Å². The van der Waals surface area contributed by atoms with Crippen molar-refractivity contribution in [3.8, 4) is 5.75 Å². The lowest BCUT2D eigenvalue weighted by Gasteiger charge is -2.20. The number of benzene rings is 1. The lowest BCUT2D eigenvalue weighted by molar-refractivity contribution is 0.367. The first-order valence-corrected chi connectivity index (χ1v) is 7.49. The number of rotatable bonds is 7. The van der Waals surface area contributed by atoms with E-state index in [9.17, 15) is 5.11 Å². The van der Waals surface area contributed by atoms with Crippen molar-refractivity contribution in [3.05, 3.63) is 28.8 Å². The van der Waals surface area contributed by atoms with Crippen molar-refractivity contribution in [2.24, 2.45) is 0 Å². The first-order chi connectivity index (χ1) is 9.35. The van der Waals surface area contributed by atoms with Crippen molar-refractivity contribution in [1.82, 2.24) is 9.80 Å². The maximum Gasteiger partial charge on any atom is 0.124 e. The second-order valence-corrected chi connectivity index (χ2v) is 6.35. The van der Waals surface area contributed by atoms with E-state index in [0.717, 1.165) is 24.2 Å². The Morgan fingerprint density at radius 1 is 1.00 bits per heavy atom. The van der Waals surface area contributed by atoms with Gasteiger partial charge >= 0.3 is 0 Å². The molecule has 1 rings (SSSR count). The van der Waals surface area contributed by atoms with E-state index in [-0.39, 0.29) is 0 Å². The molecule has 0 aliphatic heterocycles. The van der Waals surface area contributed by atoms with E-state index < -0.39 is 0 Å². The van der Waals surface area contributed by atoms with Crippen LogP contribution in [0.4, 0.5) is 0 Å². The van der Waals surface area contributed by atoms with Gasteiger partial charge < -0.3 is 14.9 Å². The number of aromatic hydroxyl groups is 1. The zero-order valence-corrected chi connectivity index (χ0v) is 13.9. The molecule has 0 saturated carbocycles. The molecular weight excluding hydrogens is 248 g/mol. The molecule has 114 valence electrons. The van der Waals surface area contributed by atoms with Crippen molar-refractivity contribution in [2.45, 2.75) is 45.7 Å². The van der Waals surface area contributed by atoms with Gasteiger partial charge in [0.15, 0.2) is 0 Å². The Hall–Kier alpha value is -1.06. The minimum absolute atomic E-state index is 0.458. The lowest BCUT2D eigenvalue weighted by atomic mass is 9.92. The van der Waals surface area contributed by atoms with Crippen LogP contribution in [-0.4, -0.2) is 43.1 Å². The maximum absolute atomic E-state index is 10.5. The zero-order chi connectivity index (χ0) is 15.3. The smallest absolute Gasteiger partial charge is 0.124 e. The average Bonchev–Trinajstić information content (AvgIpc) is 2.33. The minimum Gasteiger partial charge on any atom is -0.507 e. The van der Waals surface area contributed by atoms with Gasteiger partial charge in [0.05, 0.1) is 0 Å². The van der Waals surface area contributed by atoms with Gasteiger partial charge in [-0.2, -0.15) is 0 Å². The lowest BCUT2D eigenvalue weighted by Crippen LogP contribution is -2.14. The highest BCUT2D eigenvalue weighted by Crippen LogP contribution is 2.31. The molecular formula is C17H30N2O. The molecule has 0 amide bonds. The van der Waals surface area contributed by atoms with Gasteiger partial charge in [-0.25, -0.2) is 0 Å². The van der Waals surface area contributed by atoms with Gasteiger partial charge in [-0.05, 0) is 46.1 Å². The van der Waals surface area contributed by atoms with E-state index in [0.29, 0.717) is 11.7 Å². The first kappa shape index (κ1) is 17.0. The molecule has 0 heterocycles. The molecule has 20 heavy (non-hydrogen) atoms. The predicted molar refractivity (Wildman–Crippen MR) is 86.2 cm³/mol. The molecule has 0 aliphatic rings. The fraction of sp³-hybridized carbons (Fsp3) is 0.647. The summed E-state index contributed by atoms with van der Waals surface area (Å²) >= 11 is 0. The molecule has 0 spiro atoms. The third-order valence-corrected chi connectivity index (χ3v) is 3.55. The van der Waals surface area contributed by atoms with Gasteiger partial charge in [-0.15, -0.1) is 0 Å². The topological polar surface area (TPSA) is 26.7 Å². The van der Waals surface area contributed by atoms with E-state index in [2.05, 4.69) is 35.8 Å². The van der Waals surface area contributed by atoms with Crippen LogP contribution in [0, 0.1) is 0 Å². The molecule has 0 unspecified atom stereocenters. The monoisotopic (exact) mass is 278 g/mol. The molecule has 3 heteroatoms. The molecule has 1 aromatic carbocycles. The van der Waals surface area contributed by atoms with Crippen molar-refractivity contribution in [2.75, 3.05) is 28.2 Å². The minimum atomic E-state index is 0.458. The van der Waals surface area contributed by atoms with Gasteiger partial charge in [0.25, 0.3) is 0 Å². The summed E-state index contributed by atoms with van der Waals surface area (Å²) < 4.78 is 0. The Bertz CT molecular complexity index is 396. The summed E-state index contributed by atoms with van der Waals surface area (Å²) in [5.41, 5.74) is 3.41. The van der Waals surface area contributed by atoms with Crippen LogP contribution in [0.5, 0.6) is 5.75 Å². The fourth-order valence-corrected chi connectivity index (χ4v) is 2.59. The van der Waals surface area contributed by atoms with Crippen LogP contribution >= 0.6 is 0 Å². The summed E-state index contributed by atoms with van der Waals surface area (Å²) in [6.45, 7) is 6.05. The number of hydrogen-bond acceptors (Lipinski definition) is 3. The summed E-state index contributed by atoms with van der Waals surface area (Å²) in [4.78, 5) is 4.20. The van der Waals surface area contributed by atoms with E-state index in [4.69, 9.17) is 0 Å². The third kappa shape index (κ3) is 4.80. The number of phenols is 1. The third-order valence-electron chi connectivity index (χ3n) is 3.55. The molecule has 0 aromatic heterocycles. The Balaban J connectivity index is 3.18. The van der Waals surface area contributed by atoms with E-state index in [1.165, 1.54) is 18.4 Å². The maximum atomic E-state index is 10.5. The van der Waals surface area contributed by atoms with Crippen molar-refractivity contribution < 1.29 is 5.11 Å². The number of hydrogen-bond donors (Lipinski definition) is 1. The SMILES string of the molecule is CCC[C@@H](C)c1cc(CN(C)C)c(O)c(CN(C)C)c1. The highest BCUT2D eigenvalue weighted by Gasteiger charge is 2.14. The zero-order valence-electron chi connectivity index (χ0n) is 13.9. The predicted octanol–water partition coefficient (Wildman–Crippen LogP) is 3.42. The van der Waals surface area contributed by atoms with Crippen LogP contribution in [-0.2, 0) is 13.1 Å². The van der Waals surface area contributed by atoms with Gasteiger partial charge in [-0.1, -0.05) is 32.4 Å². The van der Waals surface area contributed by atoms with Crippen LogP contribution < -0.4 is 0 Å². The second kappa shape index (κ2) is 7.65. The number of phenolic OH excluding ortho intramolecular Hbond substituents is 1. The molecule has 1 atom stereocenters. The average molecular weight is 278 g/mol. The van der Waals surface area contributed by atoms with Crippen LogP contribution in [0.25, 0.3) is 0 Å². The summed E-state index contributed by atoms with van der Waals surface area (Å²) in [7, 11) is 8.14. The van der Waals surface area contributed by atoms with Gasteiger partial charge in [-0.3, -0.25) is 0 Å². The summed E-state index contributed by atoms with van der Waals surface area (Å²) in [5.74, 6) is 1.00. The van der Waals surface area contributed by atoms with Gasteiger partial charge in [0.2, 0.25) is 0 Å². The fourth-order valence-electron chi connectivity index (χ4n) is 2.59. The first-order valence-electron chi connectivity index (χ1n) is 7.49. The Morgan fingerprint density at radius 2 is 1.45 bits per heavy atom. The molecule has 0 fully saturated rings. The second-order valence-electron chi connectivity index (χ2n) is 6.35. The Labute approximate surface area is 124 Å². The molecule has 0 radical (unpaired) electrons. The molecule has 1 aromatic rings. The van der Waals surface area contributed by atoms with Crippen LogP contribution in [0.15, 0.2) is 12.1 Å². The van der Waals surface area contributed by atoms with Crippen molar-refractivity contribution >= 4 is 0 Å². The standard InChI is InChI=1S/C17H30N2O/c1-7-8-13(2)14-9-15(11-18(3)4)17(20)16(10-14)12-19(5)6/h9-10,13,20H,7-8,11-12H2,1-6H3/t13-/m1/s1. The normalized spacial score (nSPS) is 13.2. The molecule has 0 saturated heterocycles. The molecule has 0 bridgehead atoms. The summed E-state index contributed by atoms with van der Waals surface area (Å²) in [6, 6.07) is 4.35. The summed E-state index contributed by atoms with van der Waals surface area (Å²) in [6.07, 6.45) is 2.38.